The van der Waals surface area contributed by atoms with Crippen molar-refractivity contribution in [1.29, 1.82) is 0 Å². The van der Waals surface area contributed by atoms with Crippen LogP contribution in [0.4, 0.5) is 10.1 Å². The predicted octanol–water partition coefficient (Wildman–Crippen LogP) is 2.25. The molecule has 0 unspecified atom stereocenters. The molecule has 1 aromatic carbocycles. The van der Waals surface area contributed by atoms with E-state index in [-0.39, 0.29) is 5.82 Å². The van der Waals surface area contributed by atoms with E-state index in [1.54, 1.807) is 17.0 Å². The molecule has 0 saturated heterocycles. The van der Waals surface area contributed by atoms with Crippen molar-refractivity contribution in [3.05, 3.63) is 42.4 Å². The second-order valence-electron chi connectivity index (χ2n) is 2.92. The Morgan fingerprint density at radius 3 is 2.53 bits per heavy atom. The molecule has 0 aliphatic rings. The summed E-state index contributed by atoms with van der Waals surface area (Å²) < 4.78 is 12.6. The van der Waals surface area contributed by atoms with E-state index in [0.717, 1.165) is 11.8 Å². The van der Waals surface area contributed by atoms with Crippen LogP contribution < -0.4 is 4.90 Å². The third-order valence-electron chi connectivity index (χ3n) is 1.90. The molecule has 1 aromatic rings. The second-order valence-corrected chi connectivity index (χ2v) is 2.92. The van der Waals surface area contributed by atoms with Gasteiger partial charge in [-0.3, -0.25) is 0 Å². The Labute approximate surface area is 87.4 Å². The monoisotopic (exact) mass is 209 g/mol. The highest BCUT2D eigenvalue weighted by Gasteiger charge is 2.00. The van der Waals surface area contributed by atoms with Crippen LogP contribution in [-0.2, 0) is 4.79 Å². The fourth-order valence-electron chi connectivity index (χ4n) is 1.16. The van der Waals surface area contributed by atoms with E-state index in [9.17, 15) is 9.18 Å². The highest BCUT2D eigenvalue weighted by molar-refractivity contribution is 5.80. The number of rotatable bonds is 4. The molecule has 0 spiro atoms. The molecule has 0 fully saturated rings. The summed E-state index contributed by atoms with van der Waals surface area (Å²) in [5, 5.41) is 8.48. The SMILES string of the molecule is CCN(C=CC(=O)O)c1ccc(F)cc1. The fourth-order valence-corrected chi connectivity index (χ4v) is 1.16. The molecule has 0 aliphatic carbocycles. The van der Waals surface area contributed by atoms with Gasteiger partial charge in [-0.05, 0) is 31.2 Å². The number of carbonyl (C=O) groups is 1. The first kappa shape index (κ1) is 11.2. The lowest BCUT2D eigenvalue weighted by Gasteiger charge is -2.17. The molecule has 0 radical (unpaired) electrons. The van der Waals surface area contributed by atoms with Crippen LogP contribution >= 0.6 is 0 Å². The van der Waals surface area contributed by atoms with Crippen LogP contribution in [-0.4, -0.2) is 17.6 Å². The van der Waals surface area contributed by atoms with E-state index in [0.29, 0.717) is 6.54 Å². The molecule has 1 N–H and O–H groups in total. The Morgan fingerprint density at radius 2 is 2.07 bits per heavy atom. The summed E-state index contributed by atoms with van der Waals surface area (Å²) in [5.41, 5.74) is 0.761. The Morgan fingerprint density at radius 1 is 1.47 bits per heavy atom. The Kier molecular flexibility index (Phi) is 3.85. The normalized spacial score (nSPS) is 10.5. The van der Waals surface area contributed by atoms with Gasteiger partial charge in [-0.25, -0.2) is 9.18 Å². The van der Waals surface area contributed by atoms with Gasteiger partial charge < -0.3 is 10.0 Å². The Balaban J connectivity index is 2.83. The van der Waals surface area contributed by atoms with Gasteiger partial charge in [-0.1, -0.05) is 0 Å². The Hall–Kier alpha value is -1.84. The van der Waals surface area contributed by atoms with Crippen molar-refractivity contribution >= 4 is 11.7 Å². The van der Waals surface area contributed by atoms with Crippen LogP contribution in [0.5, 0.6) is 0 Å². The zero-order valence-electron chi connectivity index (χ0n) is 8.35. The number of aliphatic carboxylic acids is 1. The lowest BCUT2D eigenvalue weighted by atomic mass is 10.3. The van der Waals surface area contributed by atoms with Crippen LogP contribution in [0.1, 0.15) is 6.92 Å². The summed E-state index contributed by atoms with van der Waals surface area (Å²) in [5.74, 6) is -1.31. The first-order valence-corrected chi connectivity index (χ1v) is 4.57. The zero-order valence-corrected chi connectivity index (χ0v) is 8.35. The number of hydrogen-bond acceptors (Lipinski definition) is 2. The number of benzene rings is 1. The van der Waals surface area contributed by atoms with Crippen molar-refractivity contribution < 1.29 is 14.3 Å². The average molecular weight is 209 g/mol. The maximum absolute atomic E-state index is 12.6. The van der Waals surface area contributed by atoms with E-state index in [2.05, 4.69) is 0 Å². The van der Waals surface area contributed by atoms with Crippen molar-refractivity contribution in [1.82, 2.24) is 0 Å². The van der Waals surface area contributed by atoms with Gasteiger partial charge in [0.25, 0.3) is 0 Å². The number of hydrogen-bond donors (Lipinski definition) is 1. The van der Waals surface area contributed by atoms with Crippen molar-refractivity contribution in [3.8, 4) is 0 Å². The molecule has 0 aliphatic heterocycles. The molecule has 0 heterocycles. The first-order valence-electron chi connectivity index (χ1n) is 4.57. The van der Waals surface area contributed by atoms with E-state index in [4.69, 9.17) is 5.11 Å². The molecular weight excluding hydrogens is 197 g/mol. The van der Waals surface area contributed by atoms with E-state index in [1.165, 1.54) is 18.3 Å². The van der Waals surface area contributed by atoms with Gasteiger partial charge >= 0.3 is 5.97 Å². The van der Waals surface area contributed by atoms with Gasteiger partial charge in [0.05, 0.1) is 0 Å². The number of halogens is 1. The molecule has 4 heteroatoms. The van der Waals surface area contributed by atoms with Gasteiger partial charge in [0.1, 0.15) is 5.82 Å². The molecule has 3 nitrogen and oxygen atoms in total. The third-order valence-corrected chi connectivity index (χ3v) is 1.90. The molecule has 0 atom stereocenters. The Bertz CT molecular complexity index is 359. The van der Waals surface area contributed by atoms with Gasteiger partial charge in [0.15, 0.2) is 0 Å². The lowest BCUT2D eigenvalue weighted by Crippen LogP contribution is -2.15. The highest BCUT2D eigenvalue weighted by Crippen LogP contribution is 2.14. The largest absolute Gasteiger partial charge is 0.478 e. The third kappa shape index (κ3) is 3.42. The van der Waals surface area contributed by atoms with E-state index in [1.807, 2.05) is 6.92 Å². The topological polar surface area (TPSA) is 40.5 Å². The van der Waals surface area contributed by atoms with Crippen LogP contribution in [0.25, 0.3) is 0 Å². The summed E-state index contributed by atoms with van der Waals surface area (Å²) in [7, 11) is 0. The quantitative estimate of drug-likeness (QED) is 0.773. The average Bonchev–Trinajstić information content (AvgIpc) is 2.21. The molecule has 80 valence electrons. The first-order chi connectivity index (χ1) is 7.13. The minimum Gasteiger partial charge on any atom is -0.478 e. The molecular formula is C11H12FNO2. The van der Waals surface area contributed by atoms with Gasteiger partial charge in [0.2, 0.25) is 0 Å². The predicted molar refractivity (Wildman–Crippen MR) is 56.2 cm³/mol. The van der Waals surface area contributed by atoms with Crippen molar-refractivity contribution in [2.75, 3.05) is 11.4 Å². The van der Waals surface area contributed by atoms with E-state index < -0.39 is 5.97 Å². The smallest absolute Gasteiger partial charge is 0.329 e. The van der Waals surface area contributed by atoms with Crippen molar-refractivity contribution in [2.45, 2.75) is 6.92 Å². The maximum atomic E-state index is 12.6. The number of nitrogens with zero attached hydrogens (tertiary/aromatic N) is 1. The van der Waals surface area contributed by atoms with Gasteiger partial charge in [-0.15, -0.1) is 0 Å². The molecule has 0 saturated carbocycles. The molecule has 0 bridgehead atoms. The number of carboxylic acids is 1. The summed E-state index contributed by atoms with van der Waals surface area (Å²) in [6.07, 6.45) is 2.50. The summed E-state index contributed by atoms with van der Waals surface area (Å²) in [4.78, 5) is 12.0. The highest BCUT2D eigenvalue weighted by atomic mass is 19.1. The molecule has 0 amide bonds. The summed E-state index contributed by atoms with van der Waals surface area (Å²) >= 11 is 0. The summed E-state index contributed by atoms with van der Waals surface area (Å²) in [6.45, 7) is 2.50. The molecule has 0 aromatic heterocycles. The lowest BCUT2D eigenvalue weighted by molar-refractivity contribution is -0.131. The van der Waals surface area contributed by atoms with Gasteiger partial charge in [0, 0.05) is 24.5 Å². The summed E-state index contributed by atoms with van der Waals surface area (Å²) in [6, 6.07) is 5.88. The number of anilines is 1. The molecule has 1 rings (SSSR count). The van der Waals surface area contributed by atoms with Crippen molar-refractivity contribution in [3.63, 3.8) is 0 Å². The van der Waals surface area contributed by atoms with Crippen LogP contribution in [0.3, 0.4) is 0 Å². The van der Waals surface area contributed by atoms with Crippen molar-refractivity contribution in [2.24, 2.45) is 0 Å². The fraction of sp³-hybridized carbons (Fsp3) is 0.182. The molecule has 15 heavy (non-hydrogen) atoms. The zero-order chi connectivity index (χ0) is 11.3. The maximum Gasteiger partial charge on any atom is 0.329 e. The van der Waals surface area contributed by atoms with E-state index >= 15 is 0 Å². The minimum atomic E-state index is -1.00. The van der Waals surface area contributed by atoms with Crippen LogP contribution in [0.2, 0.25) is 0 Å². The standard InChI is InChI=1S/C11H12FNO2/c1-2-13(8-7-11(14)15)10-5-3-9(12)4-6-10/h3-8H,2H2,1H3,(H,14,15). The van der Waals surface area contributed by atoms with Crippen LogP contribution in [0, 0.1) is 5.82 Å². The minimum absolute atomic E-state index is 0.308. The number of carboxylic acid groups (broad SMARTS) is 1. The van der Waals surface area contributed by atoms with Crippen LogP contribution in [0.15, 0.2) is 36.5 Å². The van der Waals surface area contributed by atoms with Gasteiger partial charge in [-0.2, -0.15) is 0 Å². The second kappa shape index (κ2) is 5.14.